The molecule has 0 aliphatic carbocycles. The first-order valence-corrected chi connectivity index (χ1v) is 10.2. The van der Waals surface area contributed by atoms with Crippen molar-refractivity contribution in [2.45, 2.75) is 4.90 Å². The maximum Gasteiger partial charge on any atom is 0.277 e. The number of sulfonamides is 1. The van der Waals surface area contributed by atoms with Gasteiger partial charge in [0.25, 0.3) is 15.9 Å². The molecule has 1 amide bonds. The van der Waals surface area contributed by atoms with Gasteiger partial charge in [0, 0.05) is 23.3 Å². The lowest BCUT2D eigenvalue weighted by atomic mass is 10.3. The molecule has 2 N–H and O–H groups in total. The molecule has 3 aromatic heterocycles. The van der Waals surface area contributed by atoms with Gasteiger partial charge in [-0.2, -0.15) is 0 Å². The molecule has 0 fully saturated rings. The lowest BCUT2D eigenvalue weighted by Crippen LogP contribution is -2.15. The number of carbonyl (C=O) groups excluding carboxylic acids is 1. The molecular weight excluding hydrogens is 404 g/mol. The Kier molecular flexibility index (Phi) is 4.67. The lowest BCUT2D eigenvalue weighted by Gasteiger charge is -2.08. The molecular formula is C17H12N4O5S2. The van der Waals surface area contributed by atoms with Crippen LogP contribution in [-0.4, -0.2) is 24.5 Å². The normalized spacial score (nSPS) is 11.3. The first-order valence-electron chi connectivity index (χ1n) is 7.85. The Bertz CT molecular complexity index is 1200. The SMILES string of the molecule is O=C(Nc1cccc(S(=O)(=O)Nc2nccs2)c1)c1cc(-c2ccco2)on1. The van der Waals surface area contributed by atoms with E-state index in [1.54, 1.807) is 23.6 Å². The molecule has 0 unspecified atom stereocenters. The first kappa shape index (κ1) is 17.9. The van der Waals surface area contributed by atoms with E-state index < -0.39 is 15.9 Å². The van der Waals surface area contributed by atoms with Crippen molar-refractivity contribution in [1.82, 2.24) is 10.1 Å². The van der Waals surface area contributed by atoms with Crippen molar-refractivity contribution in [2.24, 2.45) is 0 Å². The molecule has 0 bridgehead atoms. The molecule has 142 valence electrons. The van der Waals surface area contributed by atoms with Crippen LogP contribution >= 0.6 is 11.3 Å². The molecule has 9 nitrogen and oxygen atoms in total. The number of nitrogens with zero attached hydrogens (tertiary/aromatic N) is 2. The first-order chi connectivity index (χ1) is 13.5. The summed E-state index contributed by atoms with van der Waals surface area (Å²) in [6, 6.07) is 10.6. The van der Waals surface area contributed by atoms with Gasteiger partial charge < -0.3 is 14.3 Å². The second kappa shape index (κ2) is 7.29. The van der Waals surface area contributed by atoms with Crippen LogP contribution < -0.4 is 10.0 Å². The number of benzene rings is 1. The number of furan rings is 1. The van der Waals surface area contributed by atoms with Crippen LogP contribution in [0.5, 0.6) is 0 Å². The van der Waals surface area contributed by atoms with Crippen molar-refractivity contribution in [3.63, 3.8) is 0 Å². The van der Waals surface area contributed by atoms with Gasteiger partial charge >= 0.3 is 0 Å². The van der Waals surface area contributed by atoms with Crippen molar-refractivity contribution < 1.29 is 22.2 Å². The summed E-state index contributed by atoms with van der Waals surface area (Å²) in [5.41, 5.74) is 0.315. The molecule has 28 heavy (non-hydrogen) atoms. The zero-order valence-electron chi connectivity index (χ0n) is 14.0. The molecule has 11 heteroatoms. The van der Waals surface area contributed by atoms with Crippen LogP contribution in [0.2, 0.25) is 0 Å². The zero-order valence-corrected chi connectivity index (χ0v) is 15.7. The summed E-state index contributed by atoms with van der Waals surface area (Å²) in [4.78, 5) is 16.3. The molecule has 0 spiro atoms. The summed E-state index contributed by atoms with van der Waals surface area (Å²) in [5.74, 6) is 0.191. The molecule has 0 atom stereocenters. The predicted molar refractivity (Wildman–Crippen MR) is 102 cm³/mol. The highest BCUT2D eigenvalue weighted by Crippen LogP contribution is 2.23. The van der Waals surface area contributed by atoms with Crippen molar-refractivity contribution in [3.8, 4) is 11.5 Å². The van der Waals surface area contributed by atoms with Crippen LogP contribution in [0, 0.1) is 0 Å². The largest absolute Gasteiger partial charge is 0.461 e. The summed E-state index contributed by atoms with van der Waals surface area (Å²) in [7, 11) is -3.83. The zero-order chi connectivity index (χ0) is 19.6. The molecule has 3 heterocycles. The summed E-state index contributed by atoms with van der Waals surface area (Å²) in [5, 5.41) is 8.20. The van der Waals surface area contributed by atoms with E-state index in [2.05, 4.69) is 20.2 Å². The highest BCUT2D eigenvalue weighted by atomic mass is 32.2. The smallest absolute Gasteiger partial charge is 0.277 e. The number of amides is 1. The maximum absolute atomic E-state index is 12.4. The van der Waals surface area contributed by atoms with Crippen LogP contribution in [-0.2, 0) is 10.0 Å². The average Bonchev–Trinajstić information content (AvgIpc) is 3.43. The standard InChI is InChI=1S/C17H12N4O5S2/c22-16(13-10-15(26-20-13)14-5-2-7-25-14)19-11-3-1-4-12(9-11)28(23,24)21-17-18-6-8-27-17/h1-10H,(H,18,21)(H,19,22). The van der Waals surface area contributed by atoms with Crippen molar-refractivity contribution in [3.05, 3.63) is 66.0 Å². The number of carbonyl (C=O) groups is 1. The third kappa shape index (κ3) is 3.80. The molecule has 0 aliphatic rings. The van der Waals surface area contributed by atoms with Gasteiger partial charge in [0.05, 0.1) is 11.2 Å². The van der Waals surface area contributed by atoms with Gasteiger partial charge in [-0.1, -0.05) is 11.2 Å². The van der Waals surface area contributed by atoms with E-state index >= 15 is 0 Å². The Labute approximate surface area is 163 Å². The van der Waals surface area contributed by atoms with Crippen LogP contribution in [0.25, 0.3) is 11.5 Å². The van der Waals surface area contributed by atoms with Gasteiger partial charge in [0.1, 0.15) is 0 Å². The molecule has 0 saturated heterocycles. The van der Waals surface area contributed by atoms with Gasteiger partial charge in [-0.15, -0.1) is 11.3 Å². The topological polar surface area (TPSA) is 127 Å². The maximum atomic E-state index is 12.4. The number of aromatic nitrogens is 2. The Morgan fingerprint density at radius 2 is 2.00 bits per heavy atom. The van der Waals surface area contributed by atoms with Gasteiger partial charge in [-0.25, -0.2) is 13.4 Å². The Morgan fingerprint density at radius 3 is 2.75 bits per heavy atom. The Morgan fingerprint density at radius 1 is 1.11 bits per heavy atom. The van der Waals surface area contributed by atoms with Crippen molar-refractivity contribution >= 4 is 38.1 Å². The number of rotatable bonds is 6. The second-order valence-electron chi connectivity index (χ2n) is 5.48. The van der Waals surface area contributed by atoms with E-state index in [1.165, 1.54) is 36.7 Å². The minimum atomic E-state index is -3.83. The highest BCUT2D eigenvalue weighted by molar-refractivity contribution is 7.93. The van der Waals surface area contributed by atoms with Crippen LogP contribution in [0.4, 0.5) is 10.8 Å². The number of thiazole rings is 1. The van der Waals surface area contributed by atoms with Gasteiger partial charge in [0.15, 0.2) is 16.6 Å². The Balaban J connectivity index is 1.51. The van der Waals surface area contributed by atoms with Crippen LogP contribution in [0.1, 0.15) is 10.5 Å². The van der Waals surface area contributed by atoms with Crippen LogP contribution in [0.15, 0.2) is 74.1 Å². The fourth-order valence-electron chi connectivity index (χ4n) is 2.30. The predicted octanol–water partition coefficient (Wildman–Crippen LogP) is 3.44. The minimum absolute atomic E-state index is 0.0167. The molecule has 0 radical (unpaired) electrons. The molecule has 4 aromatic rings. The second-order valence-corrected chi connectivity index (χ2v) is 8.06. The third-order valence-electron chi connectivity index (χ3n) is 3.56. The minimum Gasteiger partial charge on any atom is -0.461 e. The molecule has 4 rings (SSSR count). The van der Waals surface area contributed by atoms with E-state index in [0.29, 0.717) is 11.5 Å². The number of hydrogen-bond acceptors (Lipinski definition) is 8. The van der Waals surface area contributed by atoms with Gasteiger partial charge in [-0.05, 0) is 30.3 Å². The van der Waals surface area contributed by atoms with E-state index in [-0.39, 0.29) is 21.4 Å². The van der Waals surface area contributed by atoms with E-state index in [4.69, 9.17) is 8.94 Å². The summed E-state index contributed by atoms with van der Waals surface area (Å²) < 4.78 is 37.5. The monoisotopic (exact) mass is 416 g/mol. The highest BCUT2D eigenvalue weighted by Gasteiger charge is 2.18. The van der Waals surface area contributed by atoms with Crippen LogP contribution in [0.3, 0.4) is 0 Å². The summed E-state index contributed by atoms with van der Waals surface area (Å²) in [6.45, 7) is 0. The summed E-state index contributed by atoms with van der Waals surface area (Å²) in [6.07, 6.45) is 2.97. The molecule has 1 aromatic carbocycles. The van der Waals surface area contributed by atoms with Crippen molar-refractivity contribution in [2.75, 3.05) is 10.0 Å². The number of anilines is 2. The third-order valence-corrected chi connectivity index (χ3v) is 5.72. The molecule has 0 aliphatic heterocycles. The lowest BCUT2D eigenvalue weighted by molar-refractivity contribution is 0.101. The fourth-order valence-corrected chi connectivity index (χ4v) is 4.14. The van der Waals surface area contributed by atoms with Gasteiger partial charge in [-0.3, -0.25) is 9.52 Å². The Hall–Kier alpha value is -3.44. The van der Waals surface area contributed by atoms with Crippen molar-refractivity contribution in [1.29, 1.82) is 0 Å². The summed E-state index contributed by atoms with van der Waals surface area (Å²) >= 11 is 1.16. The fraction of sp³-hybridized carbons (Fsp3) is 0. The number of hydrogen-bond donors (Lipinski definition) is 2. The average molecular weight is 416 g/mol. The van der Waals surface area contributed by atoms with E-state index in [1.807, 2.05) is 0 Å². The quantitative estimate of drug-likeness (QED) is 0.493. The number of nitrogens with one attached hydrogen (secondary N) is 2. The van der Waals surface area contributed by atoms with E-state index in [9.17, 15) is 13.2 Å². The molecule has 0 saturated carbocycles. The van der Waals surface area contributed by atoms with E-state index in [0.717, 1.165) is 11.3 Å². The van der Waals surface area contributed by atoms with Gasteiger partial charge in [0.2, 0.25) is 5.76 Å².